The van der Waals surface area contributed by atoms with E-state index in [9.17, 15) is 19.1 Å². The Morgan fingerprint density at radius 3 is 2.55 bits per heavy atom. The van der Waals surface area contributed by atoms with Crippen LogP contribution in [-0.2, 0) is 23.7 Å². The van der Waals surface area contributed by atoms with Crippen LogP contribution in [0.25, 0.3) is 11.0 Å². The number of carboxylic acids is 1. The molecule has 1 saturated heterocycles. The number of ether oxygens (including phenoxy) is 2. The number of piperidine rings is 1. The number of hydrogen-bond donors (Lipinski definition) is 1. The van der Waals surface area contributed by atoms with Crippen LogP contribution in [0.4, 0.5) is 4.39 Å². The van der Waals surface area contributed by atoms with Gasteiger partial charge in [0.15, 0.2) is 11.5 Å². The Labute approximate surface area is 243 Å². The second-order valence-electron chi connectivity index (χ2n) is 11.3. The monoisotopic (exact) mass is 572 g/mol. The van der Waals surface area contributed by atoms with Gasteiger partial charge in [0.2, 0.25) is 5.91 Å². The van der Waals surface area contributed by atoms with Gasteiger partial charge in [0.25, 0.3) is 5.79 Å². The first-order valence-electron chi connectivity index (χ1n) is 14.0. The molecule has 42 heavy (non-hydrogen) atoms. The number of hydrogen-bond acceptors (Lipinski definition) is 6. The number of amides is 1. The van der Waals surface area contributed by atoms with Crippen LogP contribution < -0.4 is 9.47 Å². The van der Waals surface area contributed by atoms with E-state index < -0.39 is 11.8 Å². The maximum atomic E-state index is 14.6. The van der Waals surface area contributed by atoms with E-state index in [-0.39, 0.29) is 29.8 Å². The number of fused-ring (bicyclic) bond motifs is 2. The first-order chi connectivity index (χ1) is 20.1. The second-order valence-corrected chi connectivity index (χ2v) is 11.3. The van der Waals surface area contributed by atoms with Crippen molar-refractivity contribution in [2.24, 2.45) is 0 Å². The molecule has 0 bridgehead atoms. The normalized spacial score (nSPS) is 18.9. The van der Waals surface area contributed by atoms with Crippen LogP contribution in [0.2, 0.25) is 0 Å². The van der Waals surface area contributed by atoms with E-state index >= 15 is 0 Å². The van der Waals surface area contributed by atoms with Crippen molar-refractivity contribution < 1.29 is 28.6 Å². The third-order valence-corrected chi connectivity index (χ3v) is 8.23. The molecule has 218 valence electrons. The molecule has 1 atom stereocenters. The number of rotatable bonds is 7. The smallest absolute Gasteiger partial charge is 0.335 e. The lowest BCUT2D eigenvalue weighted by molar-refractivity contribution is -0.129. The molecule has 0 saturated carbocycles. The Morgan fingerprint density at radius 2 is 1.83 bits per heavy atom. The Hall–Kier alpha value is -4.44. The van der Waals surface area contributed by atoms with Crippen molar-refractivity contribution >= 4 is 22.9 Å². The number of aromatic carboxylic acids is 1. The summed E-state index contributed by atoms with van der Waals surface area (Å²) in [6.07, 6.45) is 1.74. The summed E-state index contributed by atoms with van der Waals surface area (Å²) in [5, 5.41) is 9.50. The van der Waals surface area contributed by atoms with Crippen LogP contribution in [0, 0.1) is 5.82 Å². The van der Waals surface area contributed by atoms with Gasteiger partial charge in [0.05, 0.1) is 28.7 Å². The molecule has 10 heteroatoms. The molecule has 0 spiro atoms. The van der Waals surface area contributed by atoms with E-state index in [1.54, 1.807) is 51.4 Å². The van der Waals surface area contributed by atoms with Crippen molar-refractivity contribution in [3.05, 3.63) is 89.0 Å². The quantitative estimate of drug-likeness (QED) is 0.334. The number of nitrogens with zero attached hydrogens (tertiary/aromatic N) is 4. The molecule has 0 aliphatic carbocycles. The zero-order chi connectivity index (χ0) is 29.6. The predicted molar refractivity (Wildman–Crippen MR) is 154 cm³/mol. The van der Waals surface area contributed by atoms with Crippen LogP contribution in [-0.4, -0.2) is 63.5 Å². The number of likely N-dealkylation sites (N-methyl/N-ethyl adjacent to an activating group) is 1. The summed E-state index contributed by atoms with van der Waals surface area (Å²) in [7, 11) is 3.39. The number of benzene rings is 3. The van der Waals surface area contributed by atoms with Crippen LogP contribution in [0.1, 0.15) is 53.0 Å². The molecule has 2 aliphatic heterocycles. The fourth-order valence-corrected chi connectivity index (χ4v) is 5.89. The summed E-state index contributed by atoms with van der Waals surface area (Å²) in [4.78, 5) is 32.9. The van der Waals surface area contributed by atoms with Crippen molar-refractivity contribution in [1.82, 2.24) is 19.4 Å². The summed E-state index contributed by atoms with van der Waals surface area (Å²) < 4.78 is 28.9. The van der Waals surface area contributed by atoms with Gasteiger partial charge in [0, 0.05) is 26.6 Å². The highest BCUT2D eigenvalue weighted by Crippen LogP contribution is 2.49. The maximum Gasteiger partial charge on any atom is 0.335 e. The first-order valence-corrected chi connectivity index (χ1v) is 14.0. The zero-order valence-electron chi connectivity index (χ0n) is 23.8. The Morgan fingerprint density at radius 1 is 1.07 bits per heavy atom. The SMILES string of the molecule is CN(C)C(=O)Cn1c(CN2CCC(c3cccc4c3OC(C)(c3ccccc3F)O4)CC2)nc2ccc(C(=O)O)cc21. The van der Waals surface area contributed by atoms with Gasteiger partial charge in [-0.3, -0.25) is 9.69 Å². The minimum absolute atomic E-state index is 0.0760. The standard InChI is InChI=1S/C32H33FN4O5/c1-32(23-8-4-5-9-24(23)33)41-27-10-6-7-22(30(27)42-32)20-13-15-36(16-14-20)18-28-34-25-12-11-21(31(39)40)17-26(25)37(28)19-29(38)35(2)3/h4-12,17,20H,13-16,18-19H2,1-3H3,(H,39,40). The average Bonchev–Trinajstić information content (AvgIpc) is 3.50. The highest BCUT2D eigenvalue weighted by molar-refractivity contribution is 5.93. The number of para-hydroxylation sites is 1. The number of carbonyl (C=O) groups is 2. The molecule has 1 aromatic heterocycles. The molecular weight excluding hydrogens is 539 g/mol. The Bertz CT molecular complexity index is 1680. The topological polar surface area (TPSA) is 97.1 Å². The largest absolute Gasteiger partial charge is 0.478 e. The molecule has 3 aromatic carbocycles. The summed E-state index contributed by atoms with van der Waals surface area (Å²) in [6, 6.07) is 17.2. The molecule has 1 fully saturated rings. The molecule has 9 nitrogen and oxygen atoms in total. The fourth-order valence-electron chi connectivity index (χ4n) is 5.89. The lowest BCUT2D eigenvalue weighted by atomic mass is 9.88. The molecule has 2 aliphatic rings. The molecule has 1 N–H and O–H groups in total. The van der Waals surface area contributed by atoms with Gasteiger partial charge in [-0.15, -0.1) is 0 Å². The number of carboxylic acid groups (broad SMARTS) is 1. The zero-order valence-corrected chi connectivity index (χ0v) is 23.8. The van der Waals surface area contributed by atoms with Gasteiger partial charge < -0.3 is 24.0 Å². The molecular formula is C32H33FN4O5. The van der Waals surface area contributed by atoms with E-state index in [2.05, 4.69) is 11.0 Å². The van der Waals surface area contributed by atoms with Crippen molar-refractivity contribution in [1.29, 1.82) is 0 Å². The average molecular weight is 573 g/mol. The van der Waals surface area contributed by atoms with Crippen molar-refractivity contribution in [2.45, 2.75) is 44.6 Å². The van der Waals surface area contributed by atoms with E-state index in [0.29, 0.717) is 34.6 Å². The van der Waals surface area contributed by atoms with Gasteiger partial charge in [-0.1, -0.05) is 24.3 Å². The predicted octanol–water partition coefficient (Wildman–Crippen LogP) is 4.99. The van der Waals surface area contributed by atoms with E-state index in [1.807, 2.05) is 16.7 Å². The number of imidazole rings is 1. The van der Waals surface area contributed by atoms with Crippen LogP contribution >= 0.6 is 0 Å². The van der Waals surface area contributed by atoms with Gasteiger partial charge in [-0.05, 0) is 68.2 Å². The van der Waals surface area contributed by atoms with Gasteiger partial charge >= 0.3 is 5.97 Å². The molecule has 0 radical (unpaired) electrons. The number of halogens is 1. The summed E-state index contributed by atoms with van der Waals surface area (Å²) in [5.74, 6) is -0.510. The molecule has 1 unspecified atom stereocenters. The highest BCUT2D eigenvalue weighted by Gasteiger charge is 2.42. The van der Waals surface area contributed by atoms with E-state index in [4.69, 9.17) is 14.5 Å². The summed E-state index contributed by atoms with van der Waals surface area (Å²) in [6.45, 7) is 3.94. The Kier molecular flexibility index (Phi) is 7.10. The van der Waals surface area contributed by atoms with Crippen molar-refractivity contribution in [2.75, 3.05) is 27.2 Å². The van der Waals surface area contributed by atoms with Crippen LogP contribution in [0.3, 0.4) is 0 Å². The molecule has 6 rings (SSSR count). The summed E-state index contributed by atoms with van der Waals surface area (Å²) in [5.41, 5.74) is 2.85. The maximum absolute atomic E-state index is 14.6. The van der Waals surface area contributed by atoms with Gasteiger partial charge in [0.1, 0.15) is 18.2 Å². The summed E-state index contributed by atoms with van der Waals surface area (Å²) >= 11 is 0. The van der Waals surface area contributed by atoms with Crippen LogP contribution in [0.15, 0.2) is 60.7 Å². The third kappa shape index (κ3) is 5.07. The molecule has 3 heterocycles. The minimum atomic E-state index is -1.24. The first kappa shape index (κ1) is 27.7. The van der Waals surface area contributed by atoms with Gasteiger partial charge in [-0.2, -0.15) is 0 Å². The minimum Gasteiger partial charge on any atom is -0.478 e. The highest BCUT2D eigenvalue weighted by atomic mass is 19.1. The Balaban J connectivity index is 1.20. The fraction of sp³-hybridized carbons (Fsp3) is 0.344. The molecule has 4 aromatic rings. The van der Waals surface area contributed by atoms with Gasteiger partial charge in [-0.25, -0.2) is 14.2 Å². The van der Waals surface area contributed by atoms with E-state index in [1.165, 1.54) is 17.0 Å². The number of likely N-dealkylation sites (tertiary alicyclic amines) is 1. The van der Waals surface area contributed by atoms with E-state index in [0.717, 1.165) is 37.3 Å². The van der Waals surface area contributed by atoms with Crippen molar-refractivity contribution in [3.8, 4) is 11.5 Å². The molecule has 1 amide bonds. The number of carbonyl (C=O) groups excluding carboxylic acids is 1. The second kappa shape index (κ2) is 10.8. The number of aromatic nitrogens is 2. The third-order valence-electron chi connectivity index (χ3n) is 8.23. The lowest BCUT2D eigenvalue weighted by Gasteiger charge is -2.32. The lowest BCUT2D eigenvalue weighted by Crippen LogP contribution is -2.34. The van der Waals surface area contributed by atoms with Crippen molar-refractivity contribution in [3.63, 3.8) is 0 Å². The van der Waals surface area contributed by atoms with Crippen LogP contribution in [0.5, 0.6) is 11.5 Å².